The zero-order chi connectivity index (χ0) is 17.7. The summed E-state index contributed by atoms with van der Waals surface area (Å²) < 4.78 is 5.50. The minimum absolute atomic E-state index is 0.658. The highest BCUT2D eigenvalue weighted by Crippen LogP contribution is 2.26. The van der Waals surface area contributed by atoms with Crippen LogP contribution < -0.4 is 10.1 Å². The Kier molecular flexibility index (Phi) is 6.78. The number of aryl methyl sites for hydroxylation is 1. The third kappa shape index (κ3) is 4.35. The van der Waals surface area contributed by atoms with E-state index in [0.717, 1.165) is 47.4 Å². The Morgan fingerprint density at radius 2 is 2.25 bits per heavy atom. The molecule has 0 saturated carbocycles. The number of thioether (sulfide) groups is 1. The fraction of sp³-hybridized carbons (Fsp3) is 0.667. The largest absolute Gasteiger partial charge is 0.496 e. The van der Waals surface area contributed by atoms with Gasteiger partial charge in [0.1, 0.15) is 5.75 Å². The SMILES string of the molecule is CN=C(NCc1ncc(C)c(OC)c1C)N1CCSC(C(C)C)C1. The first kappa shape index (κ1) is 18.9. The molecule has 1 atom stereocenters. The molecule has 1 aliphatic rings. The van der Waals surface area contributed by atoms with Crippen molar-refractivity contribution in [2.24, 2.45) is 10.9 Å². The van der Waals surface area contributed by atoms with Gasteiger partial charge >= 0.3 is 0 Å². The maximum atomic E-state index is 5.50. The maximum absolute atomic E-state index is 5.50. The zero-order valence-electron chi connectivity index (χ0n) is 15.7. The smallest absolute Gasteiger partial charge is 0.194 e. The fourth-order valence-electron chi connectivity index (χ4n) is 3.02. The number of nitrogens with zero attached hydrogens (tertiary/aromatic N) is 3. The molecule has 5 nitrogen and oxygen atoms in total. The number of rotatable bonds is 4. The van der Waals surface area contributed by atoms with Gasteiger partial charge in [0.2, 0.25) is 0 Å². The molecule has 0 aromatic carbocycles. The molecule has 0 bridgehead atoms. The predicted octanol–water partition coefficient (Wildman–Crippen LogP) is 2.86. The second-order valence-corrected chi connectivity index (χ2v) is 7.89. The van der Waals surface area contributed by atoms with Gasteiger partial charge in [0, 0.05) is 48.5 Å². The van der Waals surface area contributed by atoms with Crippen molar-refractivity contribution in [1.29, 1.82) is 0 Å². The first-order valence-electron chi connectivity index (χ1n) is 8.54. The van der Waals surface area contributed by atoms with Crippen LogP contribution in [0.25, 0.3) is 0 Å². The molecule has 24 heavy (non-hydrogen) atoms. The molecule has 0 spiro atoms. The summed E-state index contributed by atoms with van der Waals surface area (Å²) in [6.07, 6.45) is 1.87. The average Bonchev–Trinajstić information content (AvgIpc) is 2.58. The first-order valence-corrected chi connectivity index (χ1v) is 9.59. The molecule has 134 valence electrons. The lowest BCUT2D eigenvalue weighted by Crippen LogP contribution is -2.48. The molecule has 1 saturated heterocycles. The van der Waals surface area contributed by atoms with Crippen molar-refractivity contribution in [3.05, 3.63) is 23.0 Å². The van der Waals surface area contributed by atoms with Crippen LogP contribution in [0.2, 0.25) is 0 Å². The summed E-state index contributed by atoms with van der Waals surface area (Å²) in [5.41, 5.74) is 3.16. The van der Waals surface area contributed by atoms with Crippen LogP contribution in [0.4, 0.5) is 0 Å². The molecule has 2 heterocycles. The second-order valence-electron chi connectivity index (χ2n) is 6.55. The predicted molar refractivity (Wildman–Crippen MR) is 103 cm³/mol. The summed E-state index contributed by atoms with van der Waals surface area (Å²) in [5.74, 6) is 3.72. The van der Waals surface area contributed by atoms with E-state index >= 15 is 0 Å². The quantitative estimate of drug-likeness (QED) is 0.668. The van der Waals surface area contributed by atoms with Gasteiger partial charge in [-0.1, -0.05) is 13.8 Å². The van der Waals surface area contributed by atoms with Gasteiger partial charge in [-0.3, -0.25) is 9.98 Å². The van der Waals surface area contributed by atoms with Crippen molar-refractivity contribution in [3.8, 4) is 5.75 Å². The fourth-order valence-corrected chi connectivity index (χ4v) is 4.31. The number of hydrogen-bond acceptors (Lipinski definition) is 4. The number of aliphatic imine (C=N–C) groups is 1. The van der Waals surface area contributed by atoms with Crippen molar-refractivity contribution < 1.29 is 4.74 Å². The number of pyridine rings is 1. The molecule has 6 heteroatoms. The van der Waals surface area contributed by atoms with Gasteiger partial charge in [0.25, 0.3) is 0 Å². The lowest BCUT2D eigenvalue weighted by atomic mass is 10.1. The van der Waals surface area contributed by atoms with E-state index in [9.17, 15) is 0 Å². The average molecular weight is 351 g/mol. The minimum atomic E-state index is 0.658. The van der Waals surface area contributed by atoms with E-state index in [4.69, 9.17) is 4.74 Å². The van der Waals surface area contributed by atoms with Gasteiger partial charge in [-0.15, -0.1) is 0 Å². The van der Waals surface area contributed by atoms with E-state index in [0.29, 0.717) is 17.7 Å². The van der Waals surface area contributed by atoms with Crippen molar-refractivity contribution >= 4 is 17.7 Å². The molecule has 1 unspecified atom stereocenters. The second kappa shape index (κ2) is 8.60. The summed E-state index contributed by atoms with van der Waals surface area (Å²) in [6.45, 7) is 11.4. The number of ether oxygens (including phenoxy) is 1. The van der Waals surface area contributed by atoms with E-state index in [1.54, 1.807) is 7.11 Å². The van der Waals surface area contributed by atoms with Crippen molar-refractivity contribution in [2.45, 2.75) is 39.5 Å². The summed E-state index contributed by atoms with van der Waals surface area (Å²) in [6, 6.07) is 0. The van der Waals surface area contributed by atoms with Gasteiger partial charge in [0.05, 0.1) is 19.3 Å². The van der Waals surface area contributed by atoms with Crippen molar-refractivity contribution in [2.75, 3.05) is 33.0 Å². The van der Waals surface area contributed by atoms with Gasteiger partial charge in [0.15, 0.2) is 5.96 Å². The molecule has 2 rings (SSSR count). The Bertz CT molecular complexity index is 589. The van der Waals surface area contributed by atoms with Crippen molar-refractivity contribution in [3.63, 3.8) is 0 Å². The third-order valence-corrected chi connectivity index (χ3v) is 6.05. The Hall–Kier alpha value is -1.43. The molecular formula is C18H30N4OS. The van der Waals surface area contributed by atoms with E-state index in [1.165, 1.54) is 0 Å². The first-order chi connectivity index (χ1) is 11.5. The molecule has 1 fully saturated rings. The normalized spacial score (nSPS) is 18.9. The molecule has 1 aliphatic heterocycles. The van der Waals surface area contributed by atoms with Crippen LogP contribution in [0.15, 0.2) is 11.2 Å². The Morgan fingerprint density at radius 1 is 1.50 bits per heavy atom. The van der Waals surface area contributed by atoms with Gasteiger partial charge in [-0.2, -0.15) is 11.8 Å². The number of methoxy groups -OCH3 is 1. The zero-order valence-corrected chi connectivity index (χ0v) is 16.5. The molecule has 0 amide bonds. The number of nitrogens with one attached hydrogen (secondary N) is 1. The summed E-state index contributed by atoms with van der Waals surface area (Å²) >= 11 is 2.07. The van der Waals surface area contributed by atoms with E-state index in [1.807, 2.05) is 20.2 Å². The van der Waals surface area contributed by atoms with Gasteiger partial charge in [-0.05, 0) is 19.8 Å². The van der Waals surface area contributed by atoms with Gasteiger partial charge in [-0.25, -0.2) is 0 Å². The molecule has 0 radical (unpaired) electrons. The minimum Gasteiger partial charge on any atom is -0.496 e. The topological polar surface area (TPSA) is 49.8 Å². The Morgan fingerprint density at radius 3 is 2.88 bits per heavy atom. The number of guanidine groups is 1. The number of aromatic nitrogens is 1. The third-order valence-electron chi connectivity index (χ3n) is 4.51. The van der Waals surface area contributed by atoms with Crippen LogP contribution in [-0.4, -0.2) is 54.1 Å². The van der Waals surface area contributed by atoms with Gasteiger partial charge < -0.3 is 15.0 Å². The van der Waals surface area contributed by atoms with E-state index < -0.39 is 0 Å². The molecule has 1 N–H and O–H groups in total. The highest BCUT2D eigenvalue weighted by atomic mass is 32.2. The standard InChI is InChI=1S/C18H30N4OS/c1-12(2)16-11-22(7-8-24-16)18(19-5)21-10-15-14(4)17(23-6)13(3)9-20-15/h9,12,16H,7-8,10-11H2,1-6H3,(H,19,21). The highest BCUT2D eigenvalue weighted by Gasteiger charge is 2.25. The number of hydrogen-bond donors (Lipinski definition) is 1. The summed E-state index contributed by atoms with van der Waals surface area (Å²) in [7, 11) is 3.56. The van der Waals surface area contributed by atoms with Crippen LogP contribution in [0, 0.1) is 19.8 Å². The van der Waals surface area contributed by atoms with E-state index in [-0.39, 0.29) is 0 Å². The van der Waals surface area contributed by atoms with Crippen LogP contribution in [0.3, 0.4) is 0 Å². The Balaban J connectivity index is 2.04. The van der Waals surface area contributed by atoms with Crippen LogP contribution in [-0.2, 0) is 6.54 Å². The van der Waals surface area contributed by atoms with Crippen LogP contribution in [0.5, 0.6) is 5.75 Å². The van der Waals surface area contributed by atoms with E-state index in [2.05, 4.69) is 52.7 Å². The lowest BCUT2D eigenvalue weighted by Gasteiger charge is -2.36. The maximum Gasteiger partial charge on any atom is 0.194 e. The molecule has 1 aromatic rings. The highest BCUT2D eigenvalue weighted by molar-refractivity contribution is 8.00. The Labute approximate surface area is 150 Å². The summed E-state index contributed by atoms with van der Waals surface area (Å²) in [5, 5.41) is 4.14. The lowest BCUT2D eigenvalue weighted by molar-refractivity contribution is 0.380. The summed E-state index contributed by atoms with van der Waals surface area (Å²) in [4.78, 5) is 11.4. The monoisotopic (exact) mass is 350 g/mol. The molecule has 0 aliphatic carbocycles. The van der Waals surface area contributed by atoms with Crippen molar-refractivity contribution in [1.82, 2.24) is 15.2 Å². The van der Waals surface area contributed by atoms with Crippen LogP contribution >= 0.6 is 11.8 Å². The molecular weight excluding hydrogens is 320 g/mol. The molecule has 1 aromatic heterocycles. The van der Waals surface area contributed by atoms with Crippen LogP contribution in [0.1, 0.15) is 30.7 Å².